The van der Waals surface area contributed by atoms with Crippen molar-refractivity contribution < 1.29 is 0 Å². The van der Waals surface area contributed by atoms with Crippen molar-refractivity contribution in [3.63, 3.8) is 0 Å². The third-order valence-corrected chi connectivity index (χ3v) is 2.30. The molecule has 4 nitrogen and oxygen atoms in total. The van der Waals surface area contributed by atoms with Crippen LogP contribution in [0.1, 0.15) is 0 Å². The lowest BCUT2D eigenvalue weighted by atomic mass is 10.3. The van der Waals surface area contributed by atoms with Crippen molar-refractivity contribution in [1.82, 2.24) is 14.8 Å². The number of rotatable bonds is 1. The Hall–Kier alpha value is -1.36. The van der Waals surface area contributed by atoms with E-state index < -0.39 is 0 Å². The fraction of sp³-hybridized carbons (Fsp3) is 0. The maximum atomic E-state index is 11.2. The van der Waals surface area contributed by atoms with Gasteiger partial charge in [-0.1, -0.05) is 12.1 Å². The van der Waals surface area contributed by atoms with E-state index in [1.54, 1.807) is 0 Å². The van der Waals surface area contributed by atoms with Gasteiger partial charge in [-0.2, -0.15) is 9.78 Å². The summed E-state index contributed by atoms with van der Waals surface area (Å²) in [5, 5.41) is 3.87. The molecule has 0 saturated carbocycles. The molecule has 0 amide bonds. The van der Waals surface area contributed by atoms with Gasteiger partial charge in [0.1, 0.15) is 6.33 Å². The summed E-state index contributed by atoms with van der Waals surface area (Å²) in [6, 6.07) is 7.40. The number of halogens is 1. The van der Waals surface area contributed by atoms with Crippen LogP contribution in [0.5, 0.6) is 0 Å². The minimum Gasteiger partial charge on any atom is -0.295 e. The maximum absolute atomic E-state index is 11.2. The normalized spacial score (nSPS) is 10.2. The molecule has 2 rings (SSSR count). The first kappa shape index (κ1) is 8.25. The molecule has 1 aromatic heterocycles. The minimum absolute atomic E-state index is 0.244. The highest BCUT2D eigenvalue weighted by atomic mass is 79.9. The molecule has 0 aliphatic rings. The fourth-order valence-electron chi connectivity index (χ4n) is 1.05. The first-order valence-electron chi connectivity index (χ1n) is 3.66. The molecule has 0 aliphatic carbocycles. The Morgan fingerprint density at radius 2 is 2.15 bits per heavy atom. The molecule has 0 aliphatic heterocycles. The SMILES string of the molecule is O=c1[nH]cnn1-c1ccccc1Br. The van der Waals surface area contributed by atoms with Crippen molar-refractivity contribution in [2.24, 2.45) is 0 Å². The highest BCUT2D eigenvalue weighted by Gasteiger charge is 2.03. The average molecular weight is 240 g/mol. The predicted octanol–water partition coefficient (Wildman–Crippen LogP) is 1.32. The number of H-pyrrole nitrogens is 1. The Bertz CT molecular complexity index is 474. The molecule has 0 radical (unpaired) electrons. The second-order valence-corrected chi connectivity index (χ2v) is 3.31. The van der Waals surface area contributed by atoms with E-state index in [1.165, 1.54) is 11.0 Å². The molecule has 1 N–H and O–H groups in total. The summed E-state index contributed by atoms with van der Waals surface area (Å²) >= 11 is 3.34. The number of para-hydroxylation sites is 1. The molecule has 0 bridgehead atoms. The van der Waals surface area contributed by atoms with Gasteiger partial charge in [-0.15, -0.1) is 0 Å². The van der Waals surface area contributed by atoms with Crippen molar-refractivity contribution in [2.45, 2.75) is 0 Å². The Morgan fingerprint density at radius 3 is 2.77 bits per heavy atom. The van der Waals surface area contributed by atoms with Gasteiger partial charge in [-0.05, 0) is 28.1 Å². The maximum Gasteiger partial charge on any atom is 0.347 e. The Balaban J connectivity index is 2.66. The molecule has 0 saturated heterocycles. The second-order valence-electron chi connectivity index (χ2n) is 2.46. The summed E-state index contributed by atoms with van der Waals surface area (Å²) in [7, 11) is 0. The van der Waals surface area contributed by atoms with E-state index in [1.807, 2.05) is 24.3 Å². The van der Waals surface area contributed by atoms with E-state index in [-0.39, 0.29) is 5.69 Å². The quantitative estimate of drug-likeness (QED) is 0.817. The lowest BCUT2D eigenvalue weighted by Crippen LogP contribution is -2.16. The number of nitrogens with one attached hydrogen (secondary N) is 1. The van der Waals surface area contributed by atoms with Gasteiger partial charge >= 0.3 is 5.69 Å². The molecule has 0 unspecified atom stereocenters. The first-order valence-corrected chi connectivity index (χ1v) is 4.46. The number of aromatic nitrogens is 3. The predicted molar refractivity (Wildman–Crippen MR) is 51.9 cm³/mol. The summed E-state index contributed by atoms with van der Waals surface area (Å²) in [5.41, 5.74) is 0.487. The molecule has 1 aromatic carbocycles. The highest BCUT2D eigenvalue weighted by molar-refractivity contribution is 9.10. The van der Waals surface area contributed by atoms with E-state index in [4.69, 9.17) is 0 Å². The van der Waals surface area contributed by atoms with Gasteiger partial charge in [-0.25, -0.2) is 4.79 Å². The van der Waals surface area contributed by atoms with Crippen LogP contribution >= 0.6 is 15.9 Å². The van der Waals surface area contributed by atoms with Crippen LogP contribution in [0.3, 0.4) is 0 Å². The molecule has 0 spiro atoms. The zero-order chi connectivity index (χ0) is 9.26. The average Bonchev–Trinajstić information content (AvgIpc) is 2.52. The highest BCUT2D eigenvalue weighted by Crippen LogP contribution is 2.17. The number of hydrogen-bond donors (Lipinski definition) is 1. The molecule has 0 fully saturated rings. The molecular weight excluding hydrogens is 234 g/mol. The molecule has 5 heteroatoms. The van der Waals surface area contributed by atoms with E-state index in [0.29, 0.717) is 0 Å². The molecule has 1 heterocycles. The van der Waals surface area contributed by atoms with Crippen molar-refractivity contribution in [2.75, 3.05) is 0 Å². The van der Waals surface area contributed by atoms with Crippen LogP contribution in [0.15, 0.2) is 39.9 Å². The van der Waals surface area contributed by atoms with Crippen LogP contribution < -0.4 is 5.69 Å². The fourth-order valence-corrected chi connectivity index (χ4v) is 1.50. The monoisotopic (exact) mass is 239 g/mol. The zero-order valence-corrected chi connectivity index (χ0v) is 8.15. The van der Waals surface area contributed by atoms with Crippen LogP contribution in [0.25, 0.3) is 5.69 Å². The molecule has 0 atom stereocenters. The summed E-state index contributed by atoms with van der Waals surface area (Å²) in [6.45, 7) is 0. The minimum atomic E-state index is -0.244. The Morgan fingerprint density at radius 1 is 1.38 bits per heavy atom. The third-order valence-electron chi connectivity index (χ3n) is 1.63. The van der Waals surface area contributed by atoms with E-state index >= 15 is 0 Å². The largest absolute Gasteiger partial charge is 0.347 e. The van der Waals surface area contributed by atoms with Crippen LogP contribution in [-0.2, 0) is 0 Å². The molecule has 66 valence electrons. The lowest BCUT2D eigenvalue weighted by Gasteiger charge is -2.00. The van der Waals surface area contributed by atoms with Crippen LogP contribution in [0, 0.1) is 0 Å². The standard InChI is InChI=1S/C8H6BrN3O/c9-6-3-1-2-4-7(6)12-8(13)10-5-11-12/h1-5H,(H,10,11,13). The van der Waals surface area contributed by atoms with E-state index in [2.05, 4.69) is 26.0 Å². The molecular formula is C8H6BrN3O. The van der Waals surface area contributed by atoms with Crippen molar-refractivity contribution in [3.05, 3.63) is 45.5 Å². The summed E-state index contributed by atoms with van der Waals surface area (Å²) in [5.74, 6) is 0. The molecule has 2 aromatic rings. The van der Waals surface area contributed by atoms with Crippen molar-refractivity contribution in [1.29, 1.82) is 0 Å². The summed E-state index contributed by atoms with van der Waals surface area (Å²) < 4.78 is 2.13. The van der Waals surface area contributed by atoms with Crippen molar-refractivity contribution >= 4 is 15.9 Å². The van der Waals surface area contributed by atoms with Gasteiger partial charge < -0.3 is 0 Å². The van der Waals surface area contributed by atoms with E-state index in [9.17, 15) is 4.79 Å². The zero-order valence-electron chi connectivity index (χ0n) is 6.57. The first-order chi connectivity index (χ1) is 6.29. The van der Waals surface area contributed by atoms with Crippen LogP contribution in [0.4, 0.5) is 0 Å². The van der Waals surface area contributed by atoms with Gasteiger partial charge in [0, 0.05) is 4.47 Å². The van der Waals surface area contributed by atoms with Crippen LogP contribution in [0.2, 0.25) is 0 Å². The van der Waals surface area contributed by atoms with Crippen molar-refractivity contribution in [3.8, 4) is 5.69 Å². The van der Waals surface area contributed by atoms with Gasteiger partial charge in [0.2, 0.25) is 0 Å². The van der Waals surface area contributed by atoms with Gasteiger partial charge in [0.05, 0.1) is 5.69 Å². The van der Waals surface area contributed by atoms with Gasteiger partial charge in [0.25, 0.3) is 0 Å². The summed E-state index contributed by atoms with van der Waals surface area (Å²) in [6.07, 6.45) is 1.36. The van der Waals surface area contributed by atoms with E-state index in [0.717, 1.165) is 10.2 Å². The summed E-state index contributed by atoms with van der Waals surface area (Å²) in [4.78, 5) is 13.7. The number of nitrogens with zero attached hydrogens (tertiary/aromatic N) is 2. The topological polar surface area (TPSA) is 50.7 Å². The number of hydrogen-bond acceptors (Lipinski definition) is 2. The van der Waals surface area contributed by atoms with Crippen LogP contribution in [-0.4, -0.2) is 14.8 Å². The lowest BCUT2D eigenvalue weighted by molar-refractivity contribution is 0.839. The van der Waals surface area contributed by atoms with Gasteiger partial charge in [-0.3, -0.25) is 4.98 Å². The third kappa shape index (κ3) is 1.42. The number of aromatic amines is 1. The molecule has 13 heavy (non-hydrogen) atoms. The van der Waals surface area contributed by atoms with Gasteiger partial charge in [0.15, 0.2) is 0 Å². The Kier molecular flexibility index (Phi) is 2.02. The second kappa shape index (κ2) is 3.18. The Labute approximate surface area is 82.3 Å². The smallest absolute Gasteiger partial charge is 0.295 e. The number of benzene rings is 1.